The molecule has 0 saturated carbocycles. The van der Waals surface area contributed by atoms with Crippen molar-refractivity contribution in [2.75, 3.05) is 26.2 Å². The van der Waals surface area contributed by atoms with E-state index in [9.17, 15) is 29.4 Å². The Hall–Kier alpha value is -9.40. The third-order valence-electron chi connectivity index (χ3n) is 18.4. The number of phenols is 1. The van der Waals surface area contributed by atoms with E-state index in [1.165, 1.54) is 55.8 Å². The van der Waals surface area contributed by atoms with Crippen molar-refractivity contribution in [2.45, 2.75) is 129 Å². The minimum atomic E-state index is -0.534. The van der Waals surface area contributed by atoms with Crippen LogP contribution in [0.3, 0.4) is 0 Å². The third kappa shape index (κ3) is 15.6. The number of aliphatic hydroxyl groups excluding tert-OH is 2. The van der Waals surface area contributed by atoms with Crippen molar-refractivity contribution < 1.29 is 58.2 Å². The van der Waals surface area contributed by atoms with Crippen molar-refractivity contribution >= 4 is 36.0 Å². The third-order valence-corrected chi connectivity index (χ3v) is 18.4. The van der Waals surface area contributed by atoms with Crippen molar-refractivity contribution in [3.05, 3.63) is 260 Å². The molecule has 13 nitrogen and oxygen atoms in total. The molecule has 0 aliphatic heterocycles. The Kier molecular flexibility index (Phi) is 22.4. The fourth-order valence-electron chi connectivity index (χ4n) is 13.6. The van der Waals surface area contributed by atoms with Crippen LogP contribution in [0.5, 0.6) is 34.5 Å². The number of aromatic hydroxyl groups is 1. The minimum absolute atomic E-state index is 0.00835. The molecule has 0 saturated heterocycles. The van der Waals surface area contributed by atoms with Gasteiger partial charge in [0.05, 0.1) is 30.9 Å². The number of fused-ring (bicyclic) bond motifs is 8. The minimum Gasteiger partial charge on any atom is -0.508 e. The number of hydrogen-bond donors (Lipinski definition) is 3. The molecule has 93 heavy (non-hydrogen) atoms. The van der Waals surface area contributed by atoms with Crippen LogP contribution in [0, 0.1) is 0 Å². The molecule has 0 radical (unpaired) electrons. The number of unbranched alkanes of at least 4 members (excludes halogenated alkanes) is 3. The fourth-order valence-corrected chi connectivity index (χ4v) is 13.6. The number of aliphatic hydroxyl groups is 2. The zero-order valence-corrected chi connectivity index (χ0v) is 53.7. The van der Waals surface area contributed by atoms with E-state index >= 15 is 0 Å². The number of rotatable bonds is 21. The smallest absolute Gasteiger partial charge is 0.343 e. The molecule has 4 aliphatic carbocycles. The van der Waals surface area contributed by atoms with E-state index in [0.29, 0.717) is 52.2 Å². The molecule has 12 rings (SSSR count). The highest BCUT2D eigenvalue weighted by Crippen LogP contribution is 2.59. The molecule has 2 atom stereocenters. The molecule has 3 N–H and O–H groups in total. The Bertz CT molecular complexity index is 3950. The Balaban J connectivity index is 0.000000208. The number of carbonyl (C=O) groups excluding carboxylic acids is 4. The predicted octanol–water partition coefficient (Wildman–Crippen LogP) is 15.4. The summed E-state index contributed by atoms with van der Waals surface area (Å²) in [6.07, 6.45) is 17.5. The average Bonchev–Trinajstić information content (AvgIpc) is 1.58. The van der Waals surface area contributed by atoms with Crippen LogP contribution in [0.15, 0.2) is 182 Å². The molecule has 0 heterocycles. The number of phenolic OH excluding ortho intramolecular Hbond substituents is 1. The van der Waals surface area contributed by atoms with Crippen LogP contribution in [0.1, 0.15) is 167 Å². The molecule has 13 heteroatoms. The van der Waals surface area contributed by atoms with Crippen molar-refractivity contribution in [1.29, 1.82) is 0 Å². The van der Waals surface area contributed by atoms with Gasteiger partial charge >= 0.3 is 23.9 Å². The normalized spacial score (nSPS) is 16.2. The van der Waals surface area contributed by atoms with E-state index in [4.69, 9.17) is 28.8 Å². The molecule has 8 aromatic carbocycles. The van der Waals surface area contributed by atoms with E-state index in [1.54, 1.807) is 78.9 Å². The molecular weight excluding hydrogens is 1170 g/mol. The summed E-state index contributed by atoms with van der Waals surface area (Å²) in [5.74, 6) is 0.920. The monoisotopic (exact) mass is 1250 g/mol. The van der Waals surface area contributed by atoms with Gasteiger partial charge < -0.3 is 43.9 Å². The summed E-state index contributed by atoms with van der Waals surface area (Å²) in [6, 6.07) is 51.0. The molecule has 0 amide bonds. The summed E-state index contributed by atoms with van der Waals surface area (Å²) >= 11 is 0. The van der Waals surface area contributed by atoms with Crippen LogP contribution in [-0.2, 0) is 59.3 Å². The van der Waals surface area contributed by atoms with Crippen LogP contribution >= 0.6 is 0 Å². The average molecular weight is 1250 g/mol. The molecular formula is C80H83NO12. The summed E-state index contributed by atoms with van der Waals surface area (Å²) in [7, 11) is 0. The lowest BCUT2D eigenvalue weighted by atomic mass is 9.76. The van der Waals surface area contributed by atoms with Gasteiger partial charge in [0.1, 0.15) is 34.5 Å². The van der Waals surface area contributed by atoms with Gasteiger partial charge in [0.25, 0.3) is 0 Å². The maximum absolute atomic E-state index is 13.6. The molecule has 0 unspecified atom stereocenters. The summed E-state index contributed by atoms with van der Waals surface area (Å²) < 4.78 is 29.3. The van der Waals surface area contributed by atoms with Crippen LogP contribution in [-0.4, -0.2) is 70.3 Å². The van der Waals surface area contributed by atoms with Crippen molar-refractivity contribution in [2.24, 2.45) is 0 Å². The fraction of sp³-hybridized carbons (Fsp3) is 0.300. The summed E-state index contributed by atoms with van der Waals surface area (Å²) in [5, 5.41) is 29.1. The van der Waals surface area contributed by atoms with Gasteiger partial charge in [0.2, 0.25) is 0 Å². The van der Waals surface area contributed by atoms with E-state index in [1.807, 2.05) is 78.9 Å². The molecule has 0 fully saturated rings. The first kappa shape index (κ1) is 66.5. The highest BCUT2D eigenvalue weighted by molar-refractivity contribution is 5.93. The number of ether oxygens (including phenoxy) is 5. The first-order chi connectivity index (χ1) is 45.3. The van der Waals surface area contributed by atoms with Crippen LogP contribution < -0.4 is 23.7 Å². The van der Waals surface area contributed by atoms with Crippen LogP contribution in [0.4, 0.5) is 0 Å². The first-order valence-electron chi connectivity index (χ1n) is 32.7. The van der Waals surface area contributed by atoms with E-state index in [0.717, 1.165) is 120 Å². The maximum atomic E-state index is 13.6. The Labute approximate surface area is 545 Å². The second-order valence-electron chi connectivity index (χ2n) is 24.0. The van der Waals surface area contributed by atoms with Gasteiger partial charge in [-0.05, 0) is 207 Å². The number of carbonyl (C=O) groups is 4. The summed E-state index contributed by atoms with van der Waals surface area (Å²) in [5.41, 5.74) is 11.7. The molecule has 480 valence electrons. The van der Waals surface area contributed by atoms with Crippen LogP contribution in [0.2, 0.25) is 0 Å². The topological polar surface area (TPSA) is 178 Å². The van der Waals surface area contributed by atoms with Gasteiger partial charge in [-0.25, -0.2) is 19.2 Å². The van der Waals surface area contributed by atoms with Gasteiger partial charge in [-0.3, -0.25) is 0 Å². The first-order valence-corrected chi connectivity index (χ1v) is 32.7. The van der Waals surface area contributed by atoms with E-state index < -0.39 is 29.3 Å². The Morgan fingerprint density at radius 3 is 1.26 bits per heavy atom. The SMILES string of the molecule is CCCCCCOc1ccc(C(=O)Oc2ccc(C(=O)Oc3cccc4c3[C@]3(CCc5cccc(OC(=O)/C=C/c6ccc(CO)cc6)c53)CC4)cc2)cc1.CCN(CC)CC.O=C(/C=C/c1ccc(CO)cc1)Oc1cccc2c1[C@]1(CCc3cccc(O)c31)CC2. The lowest BCUT2D eigenvalue weighted by molar-refractivity contribution is -0.129. The highest BCUT2D eigenvalue weighted by atomic mass is 16.5. The Morgan fingerprint density at radius 2 is 0.839 bits per heavy atom. The number of esters is 4. The van der Waals surface area contributed by atoms with Crippen molar-refractivity contribution in [3.8, 4) is 34.5 Å². The summed E-state index contributed by atoms with van der Waals surface area (Å²) in [6.45, 7) is 12.9. The summed E-state index contributed by atoms with van der Waals surface area (Å²) in [4.78, 5) is 54.5. The molecule has 4 aliphatic rings. The van der Waals surface area contributed by atoms with Gasteiger partial charge in [0.15, 0.2) is 0 Å². The van der Waals surface area contributed by atoms with Gasteiger partial charge in [-0.2, -0.15) is 0 Å². The van der Waals surface area contributed by atoms with Gasteiger partial charge in [0, 0.05) is 45.2 Å². The zero-order chi connectivity index (χ0) is 65.3. The second kappa shape index (κ2) is 31.3. The largest absolute Gasteiger partial charge is 0.508 e. The predicted molar refractivity (Wildman–Crippen MR) is 362 cm³/mol. The molecule has 0 bridgehead atoms. The van der Waals surface area contributed by atoms with Crippen molar-refractivity contribution in [3.63, 3.8) is 0 Å². The lowest BCUT2D eigenvalue weighted by Gasteiger charge is -2.29. The molecule has 2 spiro atoms. The standard InChI is InChI=1S/C47H44O8.C27H24O4.C6H15N/c1-2-3-4-5-30-52-38-21-17-36(18-22-38)45(50)53-39-23-19-37(20-24-39)46(51)55-41-11-7-9-35-27-29-47(44(35)41)28-26-34-8-6-10-40(43(34)47)54-42(49)25-16-32-12-14-33(31-48)15-13-32;28-17-19-9-7-18(8-10-19)11-12-24(30)31-23-6-2-4-21-14-16-27(26(21)23)15-13-20-3-1-5-22(29)25(20)27;1-4-7(5-2)6-3/h6-25,48H,2-5,26-31H2,1H3;1-12,28-29H,13-17H2;4-6H2,1-3H3/b25-16+;12-11+;/t47-;27-;/m11./s1. The van der Waals surface area contributed by atoms with E-state index in [2.05, 4.69) is 56.9 Å². The lowest BCUT2D eigenvalue weighted by Crippen LogP contribution is -2.24. The quantitative estimate of drug-likeness (QED) is 0.0268. The zero-order valence-electron chi connectivity index (χ0n) is 53.7. The van der Waals surface area contributed by atoms with Crippen LogP contribution in [0.25, 0.3) is 12.2 Å². The number of hydrogen-bond acceptors (Lipinski definition) is 13. The van der Waals surface area contributed by atoms with Crippen molar-refractivity contribution in [1.82, 2.24) is 4.90 Å². The highest BCUT2D eigenvalue weighted by Gasteiger charge is 2.50. The Morgan fingerprint density at radius 1 is 0.441 bits per heavy atom. The molecule has 0 aromatic heterocycles. The van der Waals surface area contributed by atoms with Gasteiger partial charge in [-0.15, -0.1) is 0 Å². The number of aryl methyl sites for hydroxylation is 4. The van der Waals surface area contributed by atoms with E-state index in [-0.39, 0.29) is 18.6 Å². The maximum Gasteiger partial charge on any atom is 0.343 e. The number of nitrogens with zero attached hydrogens (tertiary/aromatic N) is 1. The number of benzene rings is 8. The molecule has 8 aromatic rings. The second-order valence-corrected chi connectivity index (χ2v) is 24.0. The van der Waals surface area contributed by atoms with Gasteiger partial charge in [-0.1, -0.05) is 144 Å².